The van der Waals surface area contributed by atoms with Crippen molar-refractivity contribution in [3.05, 3.63) is 77.6 Å². The molecule has 1 saturated heterocycles. The van der Waals surface area contributed by atoms with Gasteiger partial charge < -0.3 is 15.5 Å². The topological polar surface area (TPSA) is 108 Å². The molecule has 188 valence electrons. The fourth-order valence-electron chi connectivity index (χ4n) is 4.02. The molecule has 1 fully saturated rings. The fourth-order valence-corrected chi connectivity index (χ4v) is 4.72. The molecule has 0 aromatic heterocycles. The molecule has 1 heterocycles. The zero-order valence-electron chi connectivity index (χ0n) is 19.3. The Hall–Kier alpha value is -3.63. The molecule has 0 radical (unpaired) electrons. The molecule has 0 spiro atoms. The summed E-state index contributed by atoms with van der Waals surface area (Å²) in [4.78, 5) is 26.9. The van der Waals surface area contributed by atoms with Crippen LogP contribution in [0.25, 0.3) is 11.1 Å². The summed E-state index contributed by atoms with van der Waals surface area (Å²) in [5.74, 6) is -0.961. The van der Waals surface area contributed by atoms with Gasteiger partial charge in [0, 0.05) is 34.1 Å². The summed E-state index contributed by atoms with van der Waals surface area (Å²) in [7, 11) is -3.56. The average Bonchev–Trinajstić information content (AvgIpc) is 2.81. The number of para-hydroxylation sites is 1. The second-order valence-corrected chi connectivity index (χ2v) is 10.6. The van der Waals surface area contributed by atoms with Crippen molar-refractivity contribution in [3.63, 3.8) is 0 Å². The standard InChI is InChI=1S/C25H24ClFN4O4S/c1-36(34,35)30-22-6-3-2-5-20(22)19-13-12-18(15-21(19)27)31-14-4-7-23(24(31)32)29-25(33)28-17-10-8-16(26)9-11-17/h2-3,5-6,8-13,15,23,30H,4,7,14H2,1H3,(H2,28,29,33)/t23-/m1/s1. The maximum absolute atomic E-state index is 15.2. The number of nitrogens with zero attached hydrogens (tertiary/aromatic N) is 1. The molecule has 8 nitrogen and oxygen atoms in total. The van der Waals surface area contributed by atoms with Gasteiger partial charge in [-0.2, -0.15) is 0 Å². The molecule has 3 amide bonds. The molecule has 3 aromatic carbocycles. The second kappa shape index (κ2) is 10.5. The number of anilines is 3. The number of hydrogen-bond donors (Lipinski definition) is 3. The number of rotatable bonds is 6. The highest BCUT2D eigenvalue weighted by atomic mass is 35.5. The summed E-state index contributed by atoms with van der Waals surface area (Å²) in [6.45, 7) is 0.376. The first-order chi connectivity index (χ1) is 17.1. The first kappa shape index (κ1) is 25.5. The van der Waals surface area contributed by atoms with Gasteiger partial charge in [0.25, 0.3) is 0 Å². The Morgan fingerprint density at radius 1 is 1.06 bits per heavy atom. The number of carbonyl (C=O) groups excluding carboxylic acids is 2. The van der Waals surface area contributed by atoms with E-state index in [4.69, 9.17) is 11.6 Å². The maximum atomic E-state index is 15.2. The Kier molecular flexibility index (Phi) is 7.46. The van der Waals surface area contributed by atoms with E-state index in [-0.39, 0.29) is 17.2 Å². The molecular weight excluding hydrogens is 507 g/mol. The Morgan fingerprint density at radius 3 is 2.47 bits per heavy atom. The lowest BCUT2D eigenvalue weighted by atomic mass is 10.0. The molecule has 0 aliphatic carbocycles. The van der Waals surface area contributed by atoms with Crippen molar-refractivity contribution >= 4 is 50.6 Å². The quantitative estimate of drug-likeness (QED) is 0.424. The number of carbonyl (C=O) groups is 2. The van der Waals surface area contributed by atoms with Crippen molar-refractivity contribution in [1.29, 1.82) is 0 Å². The molecule has 3 aromatic rings. The molecule has 0 unspecified atom stereocenters. The lowest BCUT2D eigenvalue weighted by Gasteiger charge is -2.32. The summed E-state index contributed by atoms with van der Waals surface area (Å²) in [5, 5.41) is 5.87. The van der Waals surface area contributed by atoms with Crippen molar-refractivity contribution in [2.75, 3.05) is 27.7 Å². The first-order valence-corrected chi connectivity index (χ1v) is 13.4. The molecule has 0 saturated carbocycles. The Balaban J connectivity index is 1.50. The van der Waals surface area contributed by atoms with Gasteiger partial charge in [0.15, 0.2) is 0 Å². The van der Waals surface area contributed by atoms with Crippen LogP contribution in [0.5, 0.6) is 0 Å². The van der Waals surface area contributed by atoms with Crippen LogP contribution in [-0.2, 0) is 14.8 Å². The summed E-state index contributed by atoms with van der Waals surface area (Å²) < 4.78 is 41.0. The van der Waals surface area contributed by atoms with Crippen LogP contribution in [0.1, 0.15) is 12.8 Å². The van der Waals surface area contributed by atoms with Gasteiger partial charge in [-0.25, -0.2) is 17.6 Å². The van der Waals surface area contributed by atoms with Crippen LogP contribution < -0.4 is 20.3 Å². The van der Waals surface area contributed by atoms with Crippen LogP contribution in [0.4, 0.5) is 26.2 Å². The molecule has 36 heavy (non-hydrogen) atoms. The highest BCUT2D eigenvalue weighted by molar-refractivity contribution is 7.92. The molecule has 4 rings (SSSR count). The monoisotopic (exact) mass is 530 g/mol. The number of piperidine rings is 1. The van der Waals surface area contributed by atoms with E-state index in [2.05, 4.69) is 15.4 Å². The molecular formula is C25H24ClFN4O4S. The van der Waals surface area contributed by atoms with Crippen LogP contribution in [-0.4, -0.2) is 39.2 Å². The van der Waals surface area contributed by atoms with E-state index in [9.17, 15) is 18.0 Å². The predicted molar refractivity (Wildman–Crippen MR) is 139 cm³/mol. The van der Waals surface area contributed by atoms with Crippen molar-refractivity contribution in [2.24, 2.45) is 0 Å². The minimum atomic E-state index is -3.56. The number of nitrogens with one attached hydrogen (secondary N) is 3. The highest BCUT2D eigenvalue weighted by Gasteiger charge is 2.31. The van der Waals surface area contributed by atoms with Crippen LogP contribution in [0.3, 0.4) is 0 Å². The average molecular weight is 531 g/mol. The third kappa shape index (κ3) is 6.13. The summed E-state index contributed by atoms with van der Waals surface area (Å²) in [6.07, 6.45) is 2.09. The lowest BCUT2D eigenvalue weighted by molar-refractivity contribution is -0.121. The molecule has 0 bridgehead atoms. The van der Waals surface area contributed by atoms with E-state index in [1.807, 2.05) is 0 Å². The summed E-state index contributed by atoms with van der Waals surface area (Å²) in [5.41, 5.74) is 1.68. The Morgan fingerprint density at radius 2 is 1.78 bits per heavy atom. The van der Waals surface area contributed by atoms with Crippen LogP contribution in [0, 0.1) is 5.82 Å². The van der Waals surface area contributed by atoms with Gasteiger partial charge in [0.05, 0.1) is 11.9 Å². The van der Waals surface area contributed by atoms with Gasteiger partial charge >= 0.3 is 6.03 Å². The van der Waals surface area contributed by atoms with Crippen LogP contribution in [0.2, 0.25) is 5.02 Å². The van der Waals surface area contributed by atoms with Gasteiger partial charge in [0.1, 0.15) is 11.9 Å². The number of benzene rings is 3. The minimum absolute atomic E-state index is 0.187. The zero-order chi connectivity index (χ0) is 25.9. The van der Waals surface area contributed by atoms with Crippen molar-refractivity contribution in [1.82, 2.24) is 5.32 Å². The fraction of sp³-hybridized carbons (Fsp3) is 0.200. The maximum Gasteiger partial charge on any atom is 0.319 e. The van der Waals surface area contributed by atoms with E-state index in [0.717, 1.165) is 6.26 Å². The van der Waals surface area contributed by atoms with Gasteiger partial charge in [-0.05, 0) is 61.4 Å². The highest BCUT2D eigenvalue weighted by Crippen LogP contribution is 2.33. The predicted octanol–water partition coefficient (Wildman–Crippen LogP) is 4.83. The van der Waals surface area contributed by atoms with Gasteiger partial charge in [-0.3, -0.25) is 9.52 Å². The number of halogens is 2. The smallest absolute Gasteiger partial charge is 0.319 e. The lowest BCUT2D eigenvalue weighted by Crippen LogP contribution is -2.53. The number of sulfonamides is 1. The SMILES string of the molecule is CS(=O)(=O)Nc1ccccc1-c1ccc(N2CCC[C@@H](NC(=O)Nc3ccc(Cl)cc3)C2=O)cc1F. The number of hydrogen-bond acceptors (Lipinski definition) is 4. The normalized spacial score (nSPS) is 15.9. The van der Waals surface area contributed by atoms with Gasteiger partial charge in [0.2, 0.25) is 15.9 Å². The Labute approximate surface area is 213 Å². The molecule has 3 N–H and O–H groups in total. The third-order valence-electron chi connectivity index (χ3n) is 5.62. The van der Waals surface area contributed by atoms with E-state index < -0.39 is 27.9 Å². The first-order valence-electron chi connectivity index (χ1n) is 11.1. The van der Waals surface area contributed by atoms with Crippen molar-refractivity contribution in [2.45, 2.75) is 18.9 Å². The van der Waals surface area contributed by atoms with E-state index in [0.29, 0.717) is 41.3 Å². The van der Waals surface area contributed by atoms with Crippen molar-refractivity contribution in [3.8, 4) is 11.1 Å². The largest absolute Gasteiger partial charge is 0.326 e. The van der Waals surface area contributed by atoms with E-state index in [1.165, 1.54) is 17.0 Å². The summed E-state index contributed by atoms with van der Waals surface area (Å²) in [6, 6.07) is 16.1. The van der Waals surface area contributed by atoms with E-state index in [1.54, 1.807) is 54.6 Å². The number of amides is 3. The molecule has 1 atom stereocenters. The van der Waals surface area contributed by atoms with Gasteiger partial charge in [-0.1, -0.05) is 29.8 Å². The second-order valence-electron chi connectivity index (χ2n) is 8.37. The molecule has 1 aliphatic rings. The van der Waals surface area contributed by atoms with Crippen molar-refractivity contribution < 1.29 is 22.4 Å². The number of urea groups is 1. The van der Waals surface area contributed by atoms with E-state index >= 15 is 4.39 Å². The molecule has 11 heteroatoms. The minimum Gasteiger partial charge on any atom is -0.326 e. The molecule has 1 aliphatic heterocycles. The van der Waals surface area contributed by atoms with Gasteiger partial charge in [-0.15, -0.1) is 0 Å². The van der Waals surface area contributed by atoms with Crippen LogP contribution >= 0.6 is 11.6 Å². The Bertz CT molecular complexity index is 1400. The van der Waals surface area contributed by atoms with Crippen LogP contribution in [0.15, 0.2) is 66.7 Å². The summed E-state index contributed by atoms with van der Waals surface area (Å²) >= 11 is 5.85. The third-order valence-corrected chi connectivity index (χ3v) is 6.47. The zero-order valence-corrected chi connectivity index (χ0v) is 20.9.